The SMILES string of the molecule is CCCCCCCC(=O)Nc1cc(N)c(C)cc1Br. The lowest BCUT2D eigenvalue weighted by Gasteiger charge is -2.10. The molecule has 0 aliphatic heterocycles. The second-order valence-corrected chi connectivity index (χ2v) is 5.76. The number of hydrogen-bond donors (Lipinski definition) is 2. The van der Waals surface area contributed by atoms with Crippen LogP contribution in [0.5, 0.6) is 0 Å². The van der Waals surface area contributed by atoms with Crippen molar-refractivity contribution < 1.29 is 4.79 Å². The summed E-state index contributed by atoms with van der Waals surface area (Å²) in [6, 6.07) is 3.72. The van der Waals surface area contributed by atoms with Crippen LogP contribution >= 0.6 is 15.9 Å². The summed E-state index contributed by atoms with van der Waals surface area (Å²) in [6.45, 7) is 4.13. The van der Waals surface area contributed by atoms with Gasteiger partial charge in [-0.05, 0) is 47.0 Å². The maximum atomic E-state index is 11.8. The van der Waals surface area contributed by atoms with Crippen molar-refractivity contribution in [2.24, 2.45) is 0 Å². The lowest BCUT2D eigenvalue weighted by atomic mass is 10.1. The Hall–Kier alpha value is -1.03. The Morgan fingerprint density at radius 1 is 1.26 bits per heavy atom. The fourth-order valence-electron chi connectivity index (χ4n) is 1.89. The molecule has 4 heteroatoms. The van der Waals surface area contributed by atoms with E-state index < -0.39 is 0 Å². The number of carbonyl (C=O) groups excluding carboxylic acids is 1. The molecule has 3 nitrogen and oxygen atoms in total. The third-order valence-electron chi connectivity index (χ3n) is 3.14. The molecule has 0 heterocycles. The van der Waals surface area contributed by atoms with E-state index in [9.17, 15) is 4.79 Å². The highest BCUT2D eigenvalue weighted by Gasteiger charge is 2.07. The van der Waals surface area contributed by atoms with Crippen LogP contribution < -0.4 is 11.1 Å². The van der Waals surface area contributed by atoms with Gasteiger partial charge in [0.05, 0.1) is 5.69 Å². The molecule has 1 aromatic rings. The van der Waals surface area contributed by atoms with Gasteiger partial charge >= 0.3 is 0 Å². The van der Waals surface area contributed by atoms with Gasteiger partial charge in [-0.15, -0.1) is 0 Å². The molecule has 0 saturated heterocycles. The van der Waals surface area contributed by atoms with Crippen LogP contribution in [0.15, 0.2) is 16.6 Å². The van der Waals surface area contributed by atoms with Gasteiger partial charge in [-0.25, -0.2) is 0 Å². The molecule has 0 saturated carbocycles. The molecular formula is C15H23BrN2O. The van der Waals surface area contributed by atoms with Crippen LogP contribution in [-0.2, 0) is 4.79 Å². The van der Waals surface area contributed by atoms with E-state index in [-0.39, 0.29) is 5.91 Å². The molecule has 3 N–H and O–H groups in total. The van der Waals surface area contributed by atoms with Gasteiger partial charge in [0, 0.05) is 16.6 Å². The maximum absolute atomic E-state index is 11.8. The zero-order valence-electron chi connectivity index (χ0n) is 11.8. The Labute approximate surface area is 124 Å². The number of carbonyl (C=O) groups is 1. The Bertz CT molecular complexity index is 432. The average molecular weight is 327 g/mol. The zero-order valence-corrected chi connectivity index (χ0v) is 13.3. The lowest BCUT2D eigenvalue weighted by molar-refractivity contribution is -0.116. The van der Waals surface area contributed by atoms with Crippen molar-refractivity contribution in [1.29, 1.82) is 0 Å². The minimum Gasteiger partial charge on any atom is -0.398 e. The molecule has 0 spiro atoms. The van der Waals surface area contributed by atoms with Crippen LogP contribution in [0.3, 0.4) is 0 Å². The van der Waals surface area contributed by atoms with Crippen LogP contribution in [0.1, 0.15) is 51.0 Å². The first kappa shape index (κ1) is 16.0. The molecule has 0 unspecified atom stereocenters. The molecule has 0 atom stereocenters. The monoisotopic (exact) mass is 326 g/mol. The van der Waals surface area contributed by atoms with Gasteiger partial charge in [0.1, 0.15) is 0 Å². The minimum absolute atomic E-state index is 0.0560. The summed E-state index contributed by atoms with van der Waals surface area (Å²) in [6.07, 6.45) is 6.33. The van der Waals surface area contributed by atoms with Gasteiger partial charge in [0.2, 0.25) is 5.91 Å². The van der Waals surface area contributed by atoms with Crippen LogP contribution in [-0.4, -0.2) is 5.91 Å². The van der Waals surface area contributed by atoms with Gasteiger partial charge in [0.25, 0.3) is 0 Å². The Morgan fingerprint density at radius 2 is 1.95 bits per heavy atom. The van der Waals surface area contributed by atoms with Gasteiger partial charge in [-0.3, -0.25) is 4.79 Å². The molecule has 19 heavy (non-hydrogen) atoms. The first-order valence-corrected chi connectivity index (χ1v) is 7.69. The second kappa shape index (κ2) is 8.20. The molecule has 0 aromatic heterocycles. The summed E-state index contributed by atoms with van der Waals surface area (Å²) in [4.78, 5) is 11.8. The second-order valence-electron chi connectivity index (χ2n) is 4.90. The maximum Gasteiger partial charge on any atom is 0.224 e. The molecule has 0 fully saturated rings. The molecule has 106 valence electrons. The zero-order chi connectivity index (χ0) is 14.3. The molecular weight excluding hydrogens is 304 g/mol. The highest BCUT2D eigenvalue weighted by Crippen LogP contribution is 2.27. The number of nitrogens with one attached hydrogen (secondary N) is 1. The smallest absolute Gasteiger partial charge is 0.224 e. The van der Waals surface area contributed by atoms with Crippen LogP contribution in [0.25, 0.3) is 0 Å². The van der Waals surface area contributed by atoms with Gasteiger partial charge in [0.15, 0.2) is 0 Å². The fraction of sp³-hybridized carbons (Fsp3) is 0.533. The summed E-state index contributed by atoms with van der Waals surface area (Å²) in [5.41, 5.74) is 8.30. The van der Waals surface area contributed by atoms with E-state index in [0.29, 0.717) is 12.1 Å². The van der Waals surface area contributed by atoms with E-state index in [4.69, 9.17) is 5.73 Å². The largest absolute Gasteiger partial charge is 0.398 e. The van der Waals surface area contributed by atoms with E-state index in [1.54, 1.807) is 6.07 Å². The predicted octanol–water partition coefficient (Wildman–Crippen LogP) is 4.64. The Morgan fingerprint density at radius 3 is 2.63 bits per heavy atom. The number of anilines is 2. The lowest BCUT2D eigenvalue weighted by Crippen LogP contribution is -2.12. The molecule has 0 aliphatic carbocycles. The summed E-state index contributed by atoms with van der Waals surface area (Å²) >= 11 is 3.44. The van der Waals surface area contributed by atoms with Crippen molar-refractivity contribution in [2.45, 2.75) is 52.4 Å². The number of aryl methyl sites for hydroxylation is 1. The number of rotatable bonds is 7. The van der Waals surface area contributed by atoms with Gasteiger partial charge in [-0.1, -0.05) is 32.6 Å². The number of nitrogens with two attached hydrogens (primary N) is 1. The molecule has 0 aliphatic rings. The number of benzene rings is 1. The number of halogens is 1. The van der Waals surface area contributed by atoms with E-state index in [0.717, 1.165) is 28.6 Å². The number of amides is 1. The van der Waals surface area contributed by atoms with Crippen LogP contribution in [0.4, 0.5) is 11.4 Å². The first-order chi connectivity index (χ1) is 9.04. The van der Waals surface area contributed by atoms with Gasteiger partial charge < -0.3 is 11.1 Å². The molecule has 1 amide bonds. The van der Waals surface area contributed by atoms with Crippen molar-refractivity contribution in [3.8, 4) is 0 Å². The third-order valence-corrected chi connectivity index (χ3v) is 3.79. The molecule has 1 rings (SSSR count). The topological polar surface area (TPSA) is 55.1 Å². The average Bonchev–Trinajstić information content (AvgIpc) is 2.35. The van der Waals surface area contributed by atoms with Crippen molar-refractivity contribution in [3.05, 3.63) is 22.2 Å². The number of nitrogen functional groups attached to an aromatic ring is 1. The van der Waals surface area contributed by atoms with Crippen LogP contribution in [0.2, 0.25) is 0 Å². The number of hydrogen-bond acceptors (Lipinski definition) is 2. The summed E-state index contributed by atoms with van der Waals surface area (Å²) in [5, 5.41) is 2.90. The summed E-state index contributed by atoms with van der Waals surface area (Å²) in [5.74, 6) is 0.0560. The summed E-state index contributed by atoms with van der Waals surface area (Å²) in [7, 11) is 0. The minimum atomic E-state index is 0.0560. The summed E-state index contributed by atoms with van der Waals surface area (Å²) < 4.78 is 0.874. The highest BCUT2D eigenvalue weighted by molar-refractivity contribution is 9.10. The van der Waals surface area contributed by atoms with E-state index >= 15 is 0 Å². The van der Waals surface area contributed by atoms with E-state index in [2.05, 4.69) is 28.2 Å². The van der Waals surface area contributed by atoms with Crippen molar-refractivity contribution in [1.82, 2.24) is 0 Å². The van der Waals surface area contributed by atoms with E-state index in [1.165, 1.54) is 19.3 Å². The van der Waals surface area contributed by atoms with Gasteiger partial charge in [-0.2, -0.15) is 0 Å². The van der Waals surface area contributed by atoms with Crippen molar-refractivity contribution in [3.63, 3.8) is 0 Å². The fourth-order valence-corrected chi connectivity index (χ4v) is 2.44. The quantitative estimate of drug-likeness (QED) is 0.566. The predicted molar refractivity (Wildman–Crippen MR) is 85.3 cm³/mol. The molecule has 0 radical (unpaired) electrons. The normalized spacial score (nSPS) is 10.5. The number of unbranched alkanes of at least 4 members (excludes halogenated alkanes) is 4. The standard InChI is InChI=1S/C15H23BrN2O/c1-3-4-5-6-7-8-15(19)18-14-10-13(17)11(2)9-12(14)16/h9-10H,3-8,17H2,1-2H3,(H,18,19). The highest BCUT2D eigenvalue weighted by atomic mass is 79.9. The van der Waals surface area contributed by atoms with E-state index in [1.807, 2.05) is 13.0 Å². The van der Waals surface area contributed by atoms with Crippen LogP contribution in [0, 0.1) is 6.92 Å². The Kier molecular flexibility index (Phi) is 6.92. The molecule has 0 bridgehead atoms. The Balaban J connectivity index is 2.42. The van der Waals surface area contributed by atoms with Crippen molar-refractivity contribution in [2.75, 3.05) is 11.1 Å². The van der Waals surface area contributed by atoms with Crippen molar-refractivity contribution >= 4 is 33.2 Å². The molecule has 1 aromatic carbocycles. The third kappa shape index (κ3) is 5.64. The first-order valence-electron chi connectivity index (χ1n) is 6.90.